The molecule has 0 fully saturated rings. The normalized spacial score (nSPS) is 11.1. The molecule has 0 spiro atoms. The van der Waals surface area contributed by atoms with Gasteiger partial charge in [-0.15, -0.1) is 0 Å². The van der Waals surface area contributed by atoms with Crippen LogP contribution in [0.1, 0.15) is 17.5 Å². The molecule has 0 atom stereocenters. The minimum atomic E-state index is 0.598. The molecule has 0 unspecified atom stereocenters. The van der Waals surface area contributed by atoms with Gasteiger partial charge in [-0.2, -0.15) is 4.37 Å². The number of pyridine rings is 1. The van der Waals surface area contributed by atoms with Gasteiger partial charge in [0.15, 0.2) is 0 Å². The van der Waals surface area contributed by atoms with Crippen molar-refractivity contribution in [2.75, 3.05) is 12.3 Å². The van der Waals surface area contributed by atoms with E-state index in [-0.39, 0.29) is 0 Å². The molecule has 0 aliphatic heterocycles. The van der Waals surface area contributed by atoms with Crippen molar-refractivity contribution in [1.29, 1.82) is 0 Å². The zero-order valence-corrected chi connectivity index (χ0v) is 15.8. The Morgan fingerprint density at radius 1 is 1.00 bits per heavy atom. The summed E-state index contributed by atoms with van der Waals surface area (Å²) in [6.45, 7) is 1.35. The fourth-order valence-electron chi connectivity index (χ4n) is 3.08. The molecule has 0 amide bonds. The molecule has 0 bridgehead atoms. The number of aryl methyl sites for hydroxylation is 1. The van der Waals surface area contributed by atoms with Gasteiger partial charge in [0.2, 0.25) is 0 Å². The summed E-state index contributed by atoms with van der Waals surface area (Å²) < 4.78 is 10.1. The highest BCUT2D eigenvalue weighted by molar-refractivity contribution is 7.03. The van der Waals surface area contributed by atoms with E-state index in [0.717, 1.165) is 40.6 Å². The lowest BCUT2D eigenvalue weighted by Gasteiger charge is -2.09. The topological polar surface area (TPSA) is 61.0 Å². The molecule has 4 nitrogen and oxygen atoms in total. The van der Waals surface area contributed by atoms with Crippen molar-refractivity contribution < 1.29 is 4.74 Å². The lowest BCUT2D eigenvalue weighted by molar-refractivity contribution is 0.119. The number of hydrogen-bond donors (Lipinski definition) is 1. The van der Waals surface area contributed by atoms with E-state index in [1.54, 1.807) is 0 Å². The Morgan fingerprint density at radius 2 is 1.89 bits per heavy atom. The van der Waals surface area contributed by atoms with Gasteiger partial charge in [-0.25, -0.2) is 4.98 Å². The predicted octanol–water partition coefficient (Wildman–Crippen LogP) is 5.09. The number of nitrogens with two attached hydrogens (primary N) is 1. The van der Waals surface area contributed by atoms with Crippen molar-refractivity contribution in [3.8, 4) is 11.3 Å². The Bertz CT molecular complexity index is 1020. The average molecular weight is 375 g/mol. The van der Waals surface area contributed by atoms with Crippen molar-refractivity contribution in [2.24, 2.45) is 0 Å². The second-order valence-electron chi connectivity index (χ2n) is 6.47. The lowest BCUT2D eigenvalue weighted by atomic mass is 10.0. The maximum Gasteiger partial charge on any atom is 0.127 e. The van der Waals surface area contributed by atoms with Gasteiger partial charge in [0, 0.05) is 22.9 Å². The molecule has 0 saturated carbocycles. The number of nitrogens with zero attached hydrogens (tertiary/aromatic N) is 2. The number of fused-ring (bicyclic) bond motifs is 1. The highest BCUT2D eigenvalue weighted by atomic mass is 32.1. The van der Waals surface area contributed by atoms with Crippen molar-refractivity contribution in [1.82, 2.24) is 9.36 Å². The van der Waals surface area contributed by atoms with E-state index in [0.29, 0.717) is 19.0 Å². The second-order valence-corrected chi connectivity index (χ2v) is 7.13. The molecular formula is C22H21N3OS. The highest BCUT2D eigenvalue weighted by Gasteiger charge is 2.07. The van der Waals surface area contributed by atoms with Gasteiger partial charge in [-0.3, -0.25) is 0 Å². The number of rotatable bonds is 7. The summed E-state index contributed by atoms with van der Waals surface area (Å²) in [5.41, 5.74) is 11.4. The molecule has 0 radical (unpaired) electrons. The van der Waals surface area contributed by atoms with Gasteiger partial charge < -0.3 is 10.5 Å². The number of ether oxygens (including phenoxy) is 1. The van der Waals surface area contributed by atoms with Crippen LogP contribution >= 0.6 is 11.5 Å². The summed E-state index contributed by atoms with van der Waals surface area (Å²) >= 11 is 1.45. The van der Waals surface area contributed by atoms with Crippen molar-refractivity contribution in [3.63, 3.8) is 0 Å². The fraction of sp³-hybridized carbons (Fsp3) is 0.182. The molecule has 5 heteroatoms. The van der Waals surface area contributed by atoms with Crippen LogP contribution in [0, 0.1) is 0 Å². The minimum absolute atomic E-state index is 0.598. The van der Waals surface area contributed by atoms with E-state index >= 15 is 0 Å². The molecule has 0 saturated heterocycles. The van der Waals surface area contributed by atoms with E-state index in [1.807, 2.05) is 35.7 Å². The predicted molar refractivity (Wildman–Crippen MR) is 112 cm³/mol. The van der Waals surface area contributed by atoms with Crippen LogP contribution < -0.4 is 5.73 Å². The SMILES string of the molecule is Nc1nc2cc(-c3ccsn3)ccc2cc1CCCOCc1ccccc1. The molecule has 2 aromatic heterocycles. The zero-order chi connectivity index (χ0) is 18.5. The first-order chi connectivity index (χ1) is 13.3. The smallest absolute Gasteiger partial charge is 0.127 e. The first kappa shape index (κ1) is 17.6. The van der Waals surface area contributed by atoms with Crippen LogP contribution in [0.25, 0.3) is 22.2 Å². The minimum Gasteiger partial charge on any atom is -0.383 e. The average Bonchev–Trinajstić information content (AvgIpc) is 3.23. The number of nitrogen functional groups attached to an aromatic ring is 1. The second kappa shape index (κ2) is 8.29. The monoisotopic (exact) mass is 375 g/mol. The van der Waals surface area contributed by atoms with Crippen LogP contribution in [0.15, 0.2) is 66.0 Å². The van der Waals surface area contributed by atoms with Crippen LogP contribution in [-0.4, -0.2) is 16.0 Å². The van der Waals surface area contributed by atoms with Crippen molar-refractivity contribution >= 4 is 28.3 Å². The lowest BCUT2D eigenvalue weighted by Crippen LogP contribution is -2.02. The highest BCUT2D eigenvalue weighted by Crippen LogP contribution is 2.25. The number of aromatic nitrogens is 2. The Labute approximate surface area is 162 Å². The van der Waals surface area contributed by atoms with Crippen molar-refractivity contribution in [3.05, 3.63) is 77.2 Å². The third kappa shape index (κ3) is 4.32. The molecule has 27 heavy (non-hydrogen) atoms. The summed E-state index contributed by atoms with van der Waals surface area (Å²) in [4.78, 5) is 4.61. The Morgan fingerprint density at radius 3 is 2.70 bits per heavy atom. The Hall–Kier alpha value is -2.76. The van der Waals surface area contributed by atoms with E-state index in [9.17, 15) is 0 Å². The van der Waals surface area contributed by atoms with E-state index in [4.69, 9.17) is 10.5 Å². The van der Waals surface area contributed by atoms with Gasteiger partial charge >= 0.3 is 0 Å². The van der Waals surface area contributed by atoms with Crippen LogP contribution in [0.4, 0.5) is 5.82 Å². The number of anilines is 1. The molecule has 0 aliphatic rings. The van der Waals surface area contributed by atoms with E-state index in [1.165, 1.54) is 17.1 Å². The zero-order valence-electron chi connectivity index (χ0n) is 15.0. The number of hydrogen-bond acceptors (Lipinski definition) is 5. The van der Waals surface area contributed by atoms with Crippen LogP contribution in [-0.2, 0) is 17.8 Å². The van der Waals surface area contributed by atoms with Crippen LogP contribution in [0.3, 0.4) is 0 Å². The Kier molecular flexibility index (Phi) is 5.42. The molecule has 2 N–H and O–H groups in total. The third-order valence-corrected chi connectivity index (χ3v) is 5.07. The van der Waals surface area contributed by atoms with E-state index in [2.05, 4.69) is 39.7 Å². The number of benzene rings is 2. The van der Waals surface area contributed by atoms with E-state index < -0.39 is 0 Å². The summed E-state index contributed by atoms with van der Waals surface area (Å²) in [5.74, 6) is 0.598. The van der Waals surface area contributed by atoms with Gasteiger partial charge in [0.1, 0.15) is 5.82 Å². The van der Waals surface area contributed by atoms with Gasteiger partial charge in [-0.1, -0.05) is 42.5 Å². The summed E-state index contributed by atoms with van der Waals surface area (Å²) in [6, 6.07) is 20.6. The molecule has 136 valence electrons. The fourth-order valence-corrected chi connectivity index (χ4v) is 3.61. The van der Waals surface area contributed by atoms with Crippen LogP contribution in [0.2, 0.25) is 0 Å². The first-order valence-corrected chi connectivity index (χ1v) is 9.85. The molecule has 4 rings (SSSR count). The summed E-state index contributed by atoms with van der Waals surface area (Å²) in [6.07, 6.45) is 1.78. The maximum atomic E-state index is 6.20. The third-order valence-electron chi connectivity index (χ3n) is 4.51. The molecule has 2 heterocycles. The quantitative estimate of drug-likeness (QED) is 0.457. The Balaban J connectivity index is 1.38. The van der Waals surface area contributed by atoms with Crippen molar-refractivity contribution in [2.45, 2.75) is 19.4 Å². The van der Waals surface area contributed by atoms with Gasteiger partial charge in [-0.05, 0) is 53.7 Å². The molecular weight excluding hydrogens is 354 g/mol. The summed E-state index contributed by atoms with van der Waals surface area (Å²) in [5, 5.41) is 3.08. The maximum absolute atomic E-state index is 6.20. The first-order valence-electron chi connectivity index (χ1n) is 9.01. The standard InChI is InChI=1S/C22H21N3OS/c23-22-19(7-4-11-26-15-16-5-2-1-3-6-16)13-17-8-9-18(14-21(17)24-22)20-10-12-27-25-20/h1-3,5-6,8-10,12-14H,4,7,11,15H2,(H2,23,24). The van der Waals surface area contributed by atoms with Gasteiger partial charge in [0.05, 0.1) is 17.8 Å². The van der Waals surface area contributed by atoms with Crippen LogP contribution in [0.5, 0.6) is 0 Å². The largest absolute Gasteiger partial charge is 0.383 e. The molecule has 0 aliphatic carbocycles. The molecule has 4 aromatic rings. The van der Waals surface area contributed by atoms with Gasteiger partial charge in [0.25, 0.3) is 0 Å². The summed E-state index contributed by atoms with van der Waals surface area (Å²) in [7, 11) is 0. The molecule has 2 aromatic carbocycles.